The standard InChI is InChI=1S/C12H15NO4/c1-15-10-4-8(3-9-6-17-7-13-9)5-11(16-2)12(10)14/h3-5,13-14H,6-7H2,1-2H3. The number of methoxy groups -OCH3 is 2. The molecule has 0 saturated carbocycles. The van der Waals surface area contributed by atoms with Gasteiger partial charge in [0.05, 0.1) is 20.8 Å². The van der Waals surface area contributed by atoms with Gasteiger partial charge in [0.25, 0.3) is 0 Å². The number of nitrogens with one attached hydrogen (secondary N) is 1. The lowest BCUT2D eigenvalue weighted by atomic mass is 10.1. The summed E-state index contributed by atoms with van der Waals surface area (Å²) in [7, 11) is 3.00. The van der Waals surface area contributed by atoms with Crippen LogP contribution in [0.2, 0.25) is 0 Å². The van der Waals surface area contributed by atoms with Crippen molar-refractivity contribution < 1.29 is 19.3 Å². The summed E-state index contributed by atoms with van der Waals surface area (Å²) >= 11 is 0. The molecule has 0 unspecified atom stereocenters. The lowest BCUT2D eigenvalue weighted by Gasteiger charge is -2.09. The molecule has 1 fully saturated rings. The van der Waals surface area contributed by atoms with Crippen molar-refractivity contribution in [2.45, 2.75) is 0 Å². The molecule has 0 amide bonds. The monoisotopic (exact) mass is 237 g/mol. The fraction of sp³-hybridized carbons (Fsp3) is 0.333. The summed E-state index contributed by atoms with van der Waals surface area (Å²) in [6.07, 6.45) is 1.93. The highest BCUT2D eigenvalue weighted by Crippen LogP contribution is 2.37. The van der Waals surface area contributed by atoms with Gasteiger partial charge in [-0.3, -0.25) is 0 Å². The minimum atomic E-state index is 0.00720. The van der Waals surface area contributed by atoms with E-state index < -0.39 is 0 Å². The topological polar surface area (TPSA) is 60.0 Å². The van der Waals surface area contributed by atoms with Crippen molar-refractivity contribution in [3.63, 3.8) is 0 Å². The molecule has 2 rings (SSSR count). The van der Waals surface area contributed by atoms with E-state index in [1.165, 1.54) is 14.2 Å². The molecule has 92 valence electrons. The van der Waals surface area contributed by atoms with Crippen LogP contribution >= 0.6 is 0 Å². The van der Waals surface area contributed by atoms with Gasteiger partial charge in [-0.05, 0) is 23.8 Å². The van der Waals surface area contributed by atoms with Gasteiger partial charge in [0.15, 0.2) is 11.5 Å². The van der Waals surface area contributed by atoms with Crippen LogP contribution in [0, 0.1) is 0 Å². The fourth-order valence-electron chi connectivity index (χ4n) is 1.65. The van der Waals surface area contributed by atoms with Gasteiger partial charge in [-0.15, -0.1) is 0 Å². The summed E-state index contributed by atoms with van der Waals surface area (Å²) in [5.74, 6) is 0.776. The molecule has 1 aromatic rings. The van der Waals surface area contributed by atoms with Crippen LogP contribution in [0.1, 0.15) is 5.56 Å². The zero-order valence-electron chi connectivity index (χ0n) is 9.82. The first-order valence-corrected chi connectivity index (χ1v) is 5.21. The summed E-state index contributed by atoms with van der Waals surface area (Å²) in [4.78, 5) is 0. The normalized spacial score (nSPS) is 16.9. The summed E-state index contributed by atoms with van der Waals surface area (Å²) < 4.78 is 15.3. The molecular formula is C12H15NO4. The Morgan fingerprint density at radius 2 is 1.94 bits per heavy atom. The van der Waals surface area contributed by atoms with E-state index in [-0.39, 0.29) is 5.75 Å². The molecule has 17 heavy (non-hydrogen) atoms. The fourth-order valence-corrected chi connectivity index (χ4v) is 1.65. The van der Waals surface area contributed by atoms with Gasteiger partial charge >= 0.3 is 0 Å². The average molecular weight is 237 g/mol. The summed E-state index contributed by atoms with van der Waals surface area (Å²) in [6, 6.07) is 3.48. The molecule has 1 aliphatic heterocycles. The van der Waals surface area contributed by atoms with E-state index >= 15 is 0 Å². The largest absolute Gasteiger partial charge is 0.502 e. The van der Waals surface area contributed by atoms with Crippen LogP contribution in [-0.2, 0) is 4.74 Å². The minimum Gasteiger partial charge on any atom is -0.502 e. The number of phenols is 1. The van der Waals surface area contributed by atoms with Gasteiger partial charge in [-0.25, -0.2) is 0 Å². The molecule has 0 radical (unpaired) electrons. The van der Waals surface area contributed by atoms with E-state index in [1.807, 2.05) is 6.08 Å². The van der Waals surface area contributed by atoms with E-state index in [0.29, 0.717) is 24.8 Å². The molecule has 2 N–H and O–H groups in total. The molecule has 0 bridgehead atoms. The third-order valence-corrected chi connectivity index (χ3v) is 2.50. The number of hydrogen-bond acceptors (Lipinski definition) is 5. The van der Waals surface area contributed by atoms with E-state index in [9.17, 15) is 5.11 Å². The molecule has 0 atom stereocenters. The summed E-state index contributed by atoms with van der Waals surface area (Å²) in [5, 5.41) is 12.9. The molecule has 0 aromatic heterocycles. The first-order chi connectivity index (χ1) is 8.24. The highest BCUT2D eigenvalue weighted by atomic mass is 16.5. The quantitative estimate of drug-likeness (QED) is 0.830. The summed E-state index contributed by atoms with van der Waals surface area (Å²) in [6.45, 7) is 1.09. The maximum atomic E-state index is 9.76. The number of phenolic OH excluding ortho intramolecular Hbond substituents is 1. The number of hydrogen-bond donors (Lipinski definition) is 2. The molecule has 1 aliphatic rings. The van der Waals surface area contributed by atoms with Gasteiger partial charge in [0.2, 0.25) is 5.75 Å². The molecule has 5 heteroatoms. The Balaban J connectivity index is 2.37. The zero-order chi connectivity index (χ0) is 12.3. The Labute approximate surface area is 99.6 Å². The van der Waals surface area contributed by atoms with Gasteiger partial charge in [-0.1, -0.05) is 0 Å². The second-order valence-electron chi connectivity index (χ2n) is 3.61. The van der Waals surface area contributed by atoms with Gasteiger partial charge in [-0.2, -0.15) is 0 Å². The van der Waals surface area contributed by atoms with E-state index in [2.05, 4.69) is 5.32 Å². The molecule has 1 aromatic carbocycles. The number of aromatic hydroxyl groups is 1. The third kappa shape index (κ3) is 2.45. The van der Waals surface area contributed by atoms with Crippen molar-refractivity contribution in [2.24, 2.45) is 0 Å². The third-order valence-electron chi connectivity index (χ3n) is 2.50. The van der Waals surface area contributed by atoms with Crippen molar-refractivity contribution in [1.82, 2.24) is 5.32 Å². The Hall–Kier alpha value is -1.88. The van der Waals surface area contributed by atoms with Crippen molar-refractivity contribution in [3.05, 3.63) is 23.4 Å². The van der Waals surface area contributed by atoms with E-state index in [1.54, 1.807) is 12.1 Å². The highest BCUT2D eigenvalue weighted by molar-refractivity contribution is 5.63. The first-order valence-electron chi connectivity index (χ1n) is 5.21. The highest BCUT2D eigenvalue weighted by Gasteiger charge is 2.11. The molecule has 0 spiro atoms. The van der Waals surface area contributed by atoms with Gasteiger partial charge in [0.1, 0.15) is 6.73 Å². The van der Waals surface area contributed by atoms with Crippen molar-refractivity contribution in [3.8, 4) is 17.2 Å². The van der Waals surface area contributed by atoms with Gasteiger partial charge < -0.3 is 24.6 Å². The Morgan fingerprint density at radius 1 is 1.29 bits per heavy atom. The number of rotatable bonds is 3. The molecular weight excluding hydrogens is 222 g/mol. The van der Waals surface area contributed by atoms with E-state index in [0.717, 1.165) is 11.3 Å². The van der Waals surface area contributed by atoms with Crippen molar-refractivity contribution >= 4 is 6.08 Å². The van der Waals surface area contributed by atoms with Crippen LogP contribution in [0.25, 0.3) is 6.08 Å². The molecule has 1 saturated heterocycles. The van der Waals surface area contributed by atoms with Crippen LogP contribution in [0.4, 0.5) is 0 Å². The molecule has 1 heterocycles. The maximum Gasteiger partial charge on any atom is 0.200 e. The summed E-state index contributed by atoms with van der Waals surface area (Å²) in [5.41, 5.74) is 1.87. The zero-order valence-corrected chi connectivity index (χ0v) is 9.82. The average Bonchev–Trinajstić information content (AvgIpc) is 2.84. The smallest absolute Gasteiger partial charge is 0.200 e. The number of benzene rings is 1. The van der Waals surface area contributed by atoms with Crippen molar-refractivity contribution in [1.29, 1.82) is 0 Å². The molecule has 0 aliphatic carbocycles. The van der Waals surface area contributed by atoms with Crippen LogP contribution in [0.3, 0.4) is 0 Å². The minimum absolute atomic E-state index is 0.00720. The predicted molar refractivity (Wildman–Crippen MR) is 63.1 cm³/mol. The lowest BCUT2D eigenvalue weighted by molar-refractivity contribution is 0.197. The second-order valence-corrected chi connectivity index (χ2v) is 3.61. The van der Waals surface area contributed by atoms with Crippen LogP contribution in [0.5, 0.6) is 17.2 Å². The van der Waals surface area contributed by atoms with Crippen LogP contribution in [0.15, 0.2) is 17.8 Å². The van der Waals surface area contributed by atoms with Gasteiger partial charge in [0, 0.05) is 5.70 Å². The number of ether oxygens (including phenoxy) is 3. The van der Waals surface area contributed by atoms with Crippen LogP contribution < -0.4 is 14.8 Å². The molecule has 5 nitrogen and oxygen atoms in total. The Bertz CT molecular complexity index is 409. The van der Waals surface area contributed by atoms with Crippen LogP contribution in [-0.4, -0.2) is 32.7 Å². The second kappa shape index (κ2) is 4.97. The Morgan fingerprint density at radius 3 is 2.41 bits per heavy atom. The Kier molecular flexibility index (Phi) is 3.39. The lowest BCUT2D eigenvalue weighted by Crippen LogP contribution is -2.04. The van der Waals surface area contributed by atoms with E-state index in [4.69, 9.17) is 14.2 Å². The SMILES string of the molecule is COc1cc(C=C2COCN2)cc(OC)c1O. The first kappa shape index (κ1) is 11.6. The van der Waals surface area contributed by atoms with Crippen molar-refractivity contribution in [2.75, 3.05) is 27.6 Å². The predicted octanol–water partition coefficient (Wildman–Crippen LogP) is 1.33. The maximum absolute atomic E-state index is 9.76.